The van der Waals surface area contributed by atoms with Crippen LogP contribution in [-0.4, -0.2) is 16.1 Å². The van der Waals surface area contributed by atoms with Crippen molar-refractivity contribution in [2.24, 2.45) is 0 Å². The number of aromatic carboxylic acids is 1. The number of carboxylic acids is 1. The third-order valence-corrected chi connectivity index (χ3v) is 3.75. The van der Waals surface area contributed by atoms with Gasteiger partial charge in [-0.05, 0) is 62.6 Å². The molecule has 21 heavy (non-hydrogen) atoms. The van der Waals surface area contributed by atoms with Gasteiger partial charge in [0.1, 0.15) is 11.3 Å². The Morgan fingerprint density at radius 2 is 1.67 bits per heavy atom. The van der Waals surface area contributed by atoms with Crippen LogP contribution in [0.1, 0.15) is 32.7 Å². The van der Waals surface area contributed by atoms with Gasteiger partial charge in [-0.25, -0.2) is 9.78 Å². The molecule has 2 rings (SSSR count). The minimum Gasteiger partial charge on any atom is -0.477 e. The molecule has 0 saturated heterocycles. The maximum Gasteiger partial charge on any atom is 0.341 e. The van der Waals surface area contributed by atoms with Crippen molar-refractivity contribution in [1.29, 1.82) is 0 Å². The molecule has 0 atom stereocenters. The van der Waals surface area contributed by atoms with Crippen LogP contribution in [0.3, 0.4) is 0 Å². The smallest absolute Gasteiger partial charge is 0.341 e. The Labute approximate surface area is 128 Å². The average molecular weight is 306 g/mol. The van der Waals surface area contributed by atoms with Gasteiger partial charge >= 0.3 is 5.97 Å². The normalized spacial score (nSPS) is 10.5. The van der Waals surface area contributed by atoms with E-state index in [4.69, 9.17) is 16.3 Å². The van der Waals surface area contributed by atoms with Gasteiger partial charge in [0.15, 0.2) is 0 Å². The molecule has 0 aliphatic rings. The maximum atomic E-state index is 11.4. The van der Waals surface area contributed by atoms with E-state index in [-0.39, 0.29) is 11.4 Å². The molecule has 1 heterocycles. The molecule has 0 fully saturated rings. The highest BCUT2D eigenvalue weighted by Gasteiger charge is 2.18. The third-order valence-electron chi connectivity index (χ3n) is 3.15. The molecule has 0 saturated carbocycles. The topological polar surface area (TPSA) is 59.4 Å². The lowest BCUT2D eigenvalue weighted by molar-refractivity contribution is 0.0692. The zero-order chi connectivity index (χ0) is 15.7. The minimum absolute atomic E-state index is 0.0749. The lowest BCUT2D eigenvalue weighted by Crippen LogP contribution is -2.06. The highest BCUT2D eigenvalue weighted by molar-refractivity contribution is 6.32. The number of carboxylic acid groups (broad SMARTS) is 1. The minimum atomic E-state index is -1.06. The van der Waals surface area contributed by atoms with E-state index in [1.165, 1.54) is 0 Å². The fourth-order valence-electron chi connectivity index (χ4n) is 2.21. The van der Waals surface area contributed by atoms with Gasteiger partial charge in [0.05, 0.1) is 0 Å². The number of carbonyl (C=O) groups is 1. The Hall–Kier alpha value is -2.07. The van der Waals surface area contributed by atoms with Crippen molar-refractivity contribution in [3.05, 3.63) is 51.2 Å². The largest absolute Gasteiger partial charge is 0.477 e. The van der Waals surface area contributed by atoms with Crippen LogP contribution in [0.2, 0.25) is 5.02 Å². The molecule has 0 aliphatic heterocycles. The molecule has 4 nitrogen and oxygen atoms in total. The van der Waals surface area contributed by atoms with Crippen LogP contribution in [0.5, 0.6) is 11.6 Å². The standard InChI is InChI=1S/C16H16ClNO3/c1-8-5-11(4)18-15(13(8)16(19)20)21-12-6-9(2)14(17)10(3)7-12/h5-7H,1-4H3,(H,19,20). The number of nitrogens with zero attached hydrogens (tertiary/aromatic N) is 1. The molecule has 0 amide bonds. The molecule has 1 N–H and O–H groups in total. The van der Waals surface area contributed by atoms with Crippen LogP contribution in [0.4, 0.5) is 0 Å². The highest BCUT2D eigenvalue weighted by Crippen LogP contribution is 2.31. The number of aromatic nitrogens is 1. The Morgan fingerprint density at radius 1 is 1.10 bits per heavy atom. The summed E-state index contributed by atoms with van der Waals surface area (Å²) in [6.07, 6.45) is 0. The predicted octanol–water partition coefficient (Wildman–Crippen LogP) is 4.46. The summed E-state index contributed by atoms with van der Waals surface area (Å²) in [6, 6.07) is 5.25. The Kier molecular flexibility index (Phi) is 4.19. The highest BCUT2D eigenvalue weighted by atomic mass is 35.5. The van der Waals surface area contributed by atoms with Gasteiger partial charge in [0.25, 0.3) is 0 Å². The van der Waals surface area contributed by atoms with Crippen molar-refractivity contribution in [1.82, 2.24) is 4.98 Å². The van der Waals surface area contributed by atoms with Gasteiger partial charge in [-0.2, -0.15) is 0 Å². The number of pyridine rings is 1. The number of hydrogen-bond acceptors (Lipinski definition) is 3. The molecule has 0 bridgehead atoms. The summed E-state index contributed by atoms with van der Waals surface area (Å²) in [4.78, 5) is 15.6. The fourth-order valence-corrected chi connectivity index (χ4v) is 2.32. The zero-order valence-corrected chi connectivity index (χ0v) is 13.1. The molecular weight excluding hydrogens is 290 g/mol. The van der Waals surface area contributed by atoms with E-state index < -0.39 is 5.97 Å². The second-order valence-corrected chi connectivity index (χ2v) is 5.42. The van der Waals surface area contributed by atoms with Crippen molar-refractivity contribution in [2.45, 2.75) is 27.7 Å². The molecule has 0 radical (unpaired) electrons. The molecule has 2 aromatic rings. The van der Waals surface area contributed by atoms with Gasteiger partial charge in [-0.15, -0.1) is 0 Å². The van der Waals surface area contributed by atoms with Crippen molar-refractivity contribution in [3.63, 3.8) is 0 Å². The van der Waals surface area contributed by atoms with Gasteiger partial charge in [-0.3, -0.25) is 0 Å². The number of ether oxygens (including phenoxy) is 1. The molecule has 0 spiro atoms. The molecule has 0 unspecified atom stereocenters. The van der Waals surface area contributed by atoms with Crippen LogP contribution in [-0.2, 0) is 0 Å². The van der Waals surface area contributed by atoms with E-state index in [0.717, 1.165) is 11.1 Å². The Bertz CT molecular complexity index is 703. The van der Waals surface area contributed by atoms with Crippen LogP contribution >= 0.6 is 11.6 Å². The Balaban J connectivity index is 2.51. The van der Waals surface area contributed by atoms with E-state index >= 15 is 0 Å². The first-order valence-electron chi connectivity index (χ1n) is 6.45. The number of halogens is 1. The number of aryl methyl sites for hydroxylation is 4. The molecule has 0 aliphatic carbocycles. The monoisotopic (exact) mass is 305 g/mol. The average Bonchev–Trinajstić information content (AvgIpc) is 2.34. The summed E-state index contributed by atoms with van der Waals surface area (Å²) in [5, 5.41) is 10.0. The first kappa shape index (κ1) is 15.3. The first-order valence-corrected chi connectivity index (χ1v) is 6.83. The number of rotatable bonds is 3. The maximum absolute atomic E-state index is 11.4. The zero-order valence-electron chi connectivity index (χ0n) is 12.3. The van der Waals surface area contributed by atoms with E-state index in [2.05, 4.69) is 4.98 Å². The van der Waals surface area contributed by atoms with E-state index in [0.29, 0.717) is 22.0 Å². The second-order valence-electron chi connectivity index (χ2n) is 5.04. The summed E-state index contributed by atoms with van der Waals surface area (Å²) in [5.41, 5.74) is 3.13. The van der Waals surface area contributed by atoms with Gasteiger partial charge in [0, 0.05) is 10.7 Å². The molecule has 1 aromatic carbocycles. The van der Waals surface area contributed by atoms with E-state index in [1.807, 2.05) is 13.8 Å². The van der Waals surface area contributed by atoms with Crippen LogP contribution in [0, 0.1) is 27.7 Å². The summed E-state index contributed by atoms with van der Waals surface area (Å²) < 4.78 is 5.70. The van der Waals surface area contributed by atoms with Crippen molar-refractivity contribution in [3.8, 4) is 11.6 Å². The second kappa shape index (κ2) is 5.74. The summed E-state index contributed by atoms with van der Waals surface area (Å²) >= 11 is 6.12. The van der Waals surface area contributed by atoms with Crippen molar-refractivity contribution in [2.75, 3.05) is 0 Å². The molecule has 110 valence electrons. The summed E-state index contributed by atoms with van der Waals surface area (Å²) in [7, 11) is 0. The van der Waals surface area contributed by atoms with Crippen LogP contribution < -0.4 is 4.74 Å². The van der Waals surface area contributed by atoms with Crippen molar-refractivity contribution >= 4 is 17.6 Å². The quantitative estimate of drug-likeness (QED) is 0.909. The number of hydrogen-bond donors (Lipinski definition) is 1. The van der Waals surface area contributed by atoms with Gasteiger partial charge in [-0.1, -0.05) is 11.6 Å². The Morgan fingerprint density at radius 3 is 2.19 bits per heavy atom. The SMILES string of the molecule is Cc1cc(C)c(C(=O)O)c(Oc2cc(C)c(Cl)c(C)c2)n1. The van der Waals surface area contributed by atoms with Crippen molar-refractivity contribution < 1.29 is 14.6 Å². The van der Waals surface area contributed by atoms with E-state index in [1.54, 1.807) is 32.0 Å². The fraction of sp³-hybridized carbons (Fsp3) is 0.250. The number of benzene rings is 1. The molecular formula is C16H16ClNO3. The first-order chi connectivity index (χ1) is 9.79. The lowest BCUT2D eigenvalue weighted by atomic mass is 10.1. The lowest BCUT2D eigenvalue weighted by Gasteiger charge is -2.12. The van der Waals surface area contributed by atoms with Gasteiger partial charge < -0.3 is 9.84 Å². The predicted molar refractivity (Wildman–Crippen MR) is 81.7 cm³/mol. The molecule has 5 heteroatoms. The molecule has 1 aromatic heterocycles. The summed E-state index contributed by atoms with van der Waals surface area (Å²) in [6.45, 7) is 7.26. The van der Waals surface area contributed by atoms with E-state index in [9.17, 15) is 9.90 Å². The van der Waals surface area contributed by atoms with Crippen LogP contribution in [0.25, 0.3) is 0 Å². The summed E-state index contributed by atoms with van der Waals surface area (Å²) in [5.74, 6) is -0.437. The van der Waals surface area contributed by atoms with Crippen LogP contribution in [0.15, 0.2) is 18.2 Å². The third kappa shape index (κ3) is 3.16. The van der Waals surface area contributed by atoms with Gasteiger partial charge in [0.2, 0.25) is 5.88 Å².